The molecule has 3 heteroatoms. The van der Waals surface area contributed by atoms with E-state index in [1.54, 1.807) is 0 Å². The van der Waals surface area contributed by atoms with Crippen molar-refractivity contribution in [1.29, 1.82) is 0 Å². The number of nitrogens with two attached hydrogens (primary N) is 1. The molecule has 3 N–H and O–H groups in total. The van der Waals surface area contributed by atoms with Crippen LogP contribution in [0.5, 0.6) is 0 Å². The van der Waals surface area contributed by atoms with E-state index >= 15 is 0 Å². The van der Waals surface area contributed by atoms with E-state index in [9.17, 15) is 0 Å². The minimum Gasteiger partial charge on any atom is -0.363 e. The van der Waals surface area contributed by atoms with Crippen LogP contribution < -0.4 is 11.1 Å². The molecule has 0 saturated heterocycles. The van der Waals surface area contributed by atoms with Gasteiger partial charge in [-0.1, -0.05) is 33.6 Å². The molecule has 0 spiro atoms. The molecule has 0 aromatic rings. The van der Waals surface area contributed by atoms with Crippen LogP contribution in [-0.2, 0) is 4.74 Å². The Labute approximate surface area is 101 Å². The van der Waals surface area contributed by atoms with E-state index in [0.717, 1.165) is 45.4 Å². The fourth-order valence-corrected chi connectivity index (χ4v) is 1.49. The Morgan fingerprint density at radius 1 is 1.19 bits per heavy atom. The number of hydrogen-bond acceptors (Lipinski definition) is 3. The van der Waals surface area contributed by atoms with Crippen molar-refractivity contribution >= 4 is 0 Å². The van der Waals surface area contributed by atoms with Gasteiger partial charge < -0.3 is 10.5 Å². The predicted molar refractivity (Wildman–Crippen MR) is 70.4 cm³/mol. The Hall–Kier alpha value is -0.120. The summed E-state index contributed by atoms with van der Waals surface area (Å²) < 4.78 is 5.80. The summed E-state index contributed by atoms with van der Waals surface area (Å²) in [5.41, 5.74) is 5.59. The van der Waals surface area contributed by atoms with Gasteiger partial charge in [-0.25, -0.2) is 0 Å². The summed E-state index contributed by atoms with van der Waals surface area (Å²) in [4.78, 5) is 0. The number of ether oxygens (including phenoxy) is 1. The molecule has 0 aromatic carbocycles. The van der Waals surface area contributed by atoms with Crippen molar-refractivity contribution in [3.05, 3.63) is 0 Å². The minimum absolute atomic E-state index is 0.238. The molecular weight excluding hydrogens is 200 g/mol. The highest BCUT2D eigenvalue weighted by Gasteiger charge is 2.07. The molecule has 0 aromatic heterocycles. The van der Waals surface area contributed by atoms with Crippen LogP contribution in [0.15, 0.2) is 0 Å². The predicted octanol–water partition coefficient (Wildman–Crippen LogP) is 2.50. The van der Waals surface area contributed by atoms with Crippen molar-refractivity contribution in [1.82, 2.24) is 5.32 Å². The highest BCUT2D eigenvalue weighted by atomic mass is 16.5. The molecule has 16 heavy (non-hydrogen) atoms. The van der Waals surface area contributed by atoms with Crippen LogP contribution in [0.2, 0.25) is 0 Å². The monoisotopic (exact) mass is 230 g/mol. The normalized spacial score (nSPS) is 15.0. The van der Waals surface area contributed by atoms with E-state index in [1.807, 2.05) is 0 Å². The molecule has 0 amide bonds. The van der Waals surface area contributed by atoms with E-state index in [2.05, 4.69) is 26.1 Å². The lowest BCUT2D eigenvalue weighted by Gasteiger charge is -2.19. The third-order valence-corrected chi connectivity index (χ3v) is 2.78. The van der Waals surface area contributed by atoms with Gasteiger partial charge in [0.15, 0.2) is 0 Å². The van der Waals surface area contributed by atoms with Crippen molar-refractivity contribution in [2.75, 3.05) is 19.7 Å². The number of nitrogens with one attached hydrogen (secondary N) is 1. The maximum atomic E-state index is 5.80. The van der Waals surface area contributed by atoms with Crippen molar-refractivity contribution < 1.29 is 4.74 Å². The molecule has 0 bridgehead atoms. The molecule has 0 heterocycles. The zero-order valence-electron chi connectivity index (χ0n) is 11.3. The van der Waals surface area contributed by atoms with Crippen LogP contribution in [-0.4, -0.2) is 25.9 Å². The Balaban J connectivity index is 3.58. The summed E-state index contributed by atoms with van der Waals surface area (Å²) in [5, 5.41) is 3.47. The molecule has 0 aliphatic heterocycles. The number of hydrogen-bond donors (Lipinski definition) is 2. The van der Waals surface area contributed by atoms with Gasteiger partial charge in [-0.15, -0.1) is 0 Å². The molecule has 98 valence electrons. The topological polar surface area (TPSA) is 47.3 Å². The minimum atomic E-state index is 0.238. The zero-order chi connectivity index (χ0) is 12.2. The molecule has 3 nitrogen and oxygen atoms in total. The van der Waals surface area contributed by atoms with Crippen molar-refractivity contribution in [2.24, 2.45) is 11.7 Å². The van der Waals surface area contributed by atoms with E-state index in [0.29, 0.717) is 5.92 Å². The SMILES string of the molecule is CCCCOC(CCC)NCCC(C)CN. The molecule has 0 radical (unpaired) electrons. The summed E-state index contributed by atoms with van der Waals surface area (Å²) in [5.74, 6) is 0.602. The lowest BCUT2D eigenvalue weighted by atomic mass is 10.1. The summed E-state index contributed by atoms with van der Waals surface area (Å²) in [6.45, 7) is 9.23. The van der Waals surface area contributed by atoms with Gasteiger partial charge in [-0.2, -0.15) is 0 Å². The zero-order valence-corrected chi connectivity index (χ0v) is 11.3. The second-order valence-corrected chi connectivity index (χ2v) is 4.59. The van der Waals surface area contributed by atoms with E-state index in [4.69, 9.17) is 10.5 Å². The fourth-order valence-electron chi connectivity index (χ4n) is 1.49. The summed E-state index contributed by atoms with van der Waals surface area (Å²) >= 11 is 0. The van der Waals surface area contributed by atoms with E-state index < -0.39 is 0 Å². The standard InChI is InChI=1S/C13H30N2O/c1-4-6-10-16-13(7-5-2)15-9-8-12(3)11-14/h12-13,15H,4-11,14H2,1-3H3. The van der Waals surface area contributed by atoms with Gasteiger partial charge in [-0.05, 0) is 38.3 Å². The highest BCUT2D eigenvalue weighted by molar-refractivity contribution is 4.59. The van der Waals surface area contributed by atoms with E-state index in [-0.39, 0.29) is 6.23 Å². The quantitative estimate of drug-likeness (QED) is 0.423. The first-order valence-corrected chi connectivity index (χ1v) is 6.79. The van der Waals surface area contributed by atoms with Crippen molar-refractivity contribution in [2.45, 2.75) is 59.1 Å². The smallest absolute Gasteiger partial charge is 0.108 e. The van der Waals surface area contributed by atoms with Gasteiger partial charge in [0.1, 0.15) is 6.23 Å². The summed E-state index contributed by atoms with van der Waals surface area (Å²) in [6.07, 6.45) is 5.98. The molecule has 0 saturated carbocycles. The Morgan fingerprint density at radius 3 is 2.50 bits per heavy atom. The maximum absolute atomic E-state index is 5.80. The van der Waals surface area contributed by atoms with Crippen LogP contribution in [0.4, 0.5) is 0 Å². The average molecular weight is 230 g/mol. The lowest BCUT2D eigenvalue weighted by molar-refractivity contribution is 0.0214. The van der Waals surface area contributed by atoms with Gasteiger partial charge >= 0.3 is 0 Å². The van der Waals surface area contributed by atoms with Gasteiger partial charge in [0.25, 0.3) is 0 Å². The second kappa shape index (κ2) is 11.4. The molecule has 0 fully saturated rings. The van der Waals surface area contributed by atoms with Gasteiger partial charge in [0, 0.05) is 6.61 Å². The second-order valence-electron chi connectivity index (χ2n) is 4.59. The van der Waals surface area contributed by atoms with Crippen LogP contribution in [0.25, 0.3) is 0 Å². The number of rotatable bonds is 11. The number of unbranched alkanes of at least 4 members (excludes halogenated alkanes) is 1. The first-order valence-electron chi connectivity index (χ1n) is 6.79. The van der Waals surface area contributed by atoms with Gasteiger partial charge in [-0.3, -0.25) is 5.32 Å². The van der Waals surface area contributed by atoms with Crippen LogP contribution in [0.1, 0.15) is 52.9 Å². The van der Waals surface area contributed by atoms with Crippen LogP contribution in [0.3, 0.4) is 0 Å². The third kappa shape index (κ3) is 9.13. The Bertz CT molecular complexity index is 142. The Morgan fingerprint density at radius 2 is 1.94 bits per heavy atom. The van der Waals surface area contributed by atoms with Crippen LogP contribution in [0, 0.1) is 5.92 Å². The first kappa shape index (κ1) is 15.9. The molecular formula is C13H30N2O. The van der Waals surface area contributed by atoms with Crippen LogP contribution >= 0.6 is 0 Å². The van der Waals surface area contributed by atoms with Gasteiger partial charge in [0.2, 0.25) is 0 Å². The molecule has 2 unspecified atom stereocenters. The highest BCUT2D eigenvalue weighted by Crippen LogP contribution is 2.03. The lowest BCUT2D eigenvalue weighted by Crippen LogP contribution is -2.34. The van der Waals surface area contributed by atoms with Crippen molar-refractivity contribution in [3.8, 4) is 0 Å². The van der Waals surface area contributed by atoms with E-state index in [1.165, 1.54) is 6.42 Å². The summed E-state index contributed by atoms with van der Waals surface area (Å²) in [6, 6.07) is 0. The average Bonchev–Trinajstić information content (AvgIpc) is 2.29. The van der Waals surface area contributed by atoms with Gasteiger partial charge in [0.05, 0.1) is 0 Å². The molecule has 2 atom stereocenters. The molecule has 0 aliphatic carbocycles. The Kier molecular flexibility index (Phi) is 11.3. The van der Waals surface area contributed by atoms with Crippen molar-refractivity contribution in [3.63, 3.8) is 0 Å². The first-order chi connectivity index (χ1) is 7.74. The maximum Gasteiger partial charge on any atom is 0.108 e. The molecule has 0 aliphatic rings. The molecule has 0 rings (SSSR count). The third-order valence-electron chi connectivity index (χ3n) is 2.78. The largest absolute Gasteiger partial charge is 0.363 e. The summed E-state index contributed by atoms with van der Waals surface area (Å²) in [7, 11) is 0. The fraction of sp³-hybridized carbons (Fsp3) is 1.00.